The Morgan fingerprint density at radius 3 is 2.53 bits per heavy atom. The lowest BCUT2D eigenvalue weighted by atomic mass is 10.1. The van der Waals surface area contributed by atoms with Gasteiger partial charge in [-0.3, -0.25) is 4.98 Å². The van der Waals surface area contributed by atoms with Crippen LogP contribution in [0.3, 0.4) is 0 Å². The highest BCUT2D eigenvalue weighted by atomic mass is 32.2. The molecule has 2 aromatic rings. The molecule has 0 saturated heterocycles. The molecule has 88 valence electrons. The molecular weight excluding hydrogens is 232 g/mol. The standard InChI is InChI=1S/C12H14N4S/c1-8-9(2)15-16-12(11(8)7-13)17-10-3-5-14-6-4-10/h3-6H,7,13H2,1-2H3. The maximum atomic E-state index is 5.78. The number of nitrogens with zero attached hydrogens (tertiary/aromatic N) is 3. The van der Waals surface area contributed by atoms with E-state index in [1.807, 2.05) is 26.0 Å². The summed E-state index contributed by atoms with van der Waals surface area (Å²) in [6, 6.07) is 3.89. The number of rotatable bonds is 3. The number of pyridine rings is 1. The number of aromatic nitrogens is 3. The summed E-state index contributed by atoms with van der Waals surface area (Å²) < 4.78 is 0. The van der Waals surface area contributed by atoms with E-state index in [0.29, 0.717) is 6.54 Å². The van der Waals surface area contributed by atoms with E-state index < -0.39 is 0 Å². The van der Waals surface area contributed by atoms with E-state index >= 15 is 0 Å². The molecule has 2 heterocycles. The van der Waals surface area contributed by atoms with Crippen LogP contribution in [0, 0.1) is 13.8 Å². The summed E-state index contributed by atoms with van der Waals surface area (Å²) in [5, 5.41) is 9.24. The zero-order valence-corrected chi connectivity index (χ0v) is 10.7. The second kappa shape index (κ2) is 5.25. The molecule has 0 aliphatic heterocycles. The lowest BCUT2D eigenvalue weighted by molar-refractivity contribution is 0.825. The van der Waals surface area contributed by atoms with E-state index in [1.165, 1.54) is 0 Å². The fraction of sp³-hybridized carbons (Fsp3) is 0.250. The zero-order chi connectivity index (χ0) is 12.3. The first-order valence-corrected chi connectivity index (χ1v) is 6.14. The molecule has 2 aromatic heterocycles. The molecule has 2 rings (SSSR count). The molecule has 0 aromatic carbocycles. The summed E-state index contributed by atoms with van der Waals surface area (Å²) in [6.45, 7) is 4.46. The van der Waals surface area contributed by atoms with E-state index in [0.717, 1.165) is 26.7 Å². The van der Waals surface area contributed by atoms with Crippen LogP contribution in [0.5, 0.6) is 0 Å². The number of hydrogen-bond acceptors (Lipinski definition) is 5. The first-order chi connectivity index (χ1) is 8.22. The summed E-state index contributed by atoms with van der Waals surface area (Å²) in [4.78, 5) is 5.08. The van der Waals surface area contributed by atoms with Gasteiger partial charge in [-0.1, -0.05) is 11.8 Å². The van der Waals surface area contributed by atoms with E-state index in [9.17, 15) is 0 Å². The molecule has 0 radical (unpaired) electrons. The fourth-order valence-corrected chi connectivity index (χ4v) is 2.40. The Bertz CT molecular complexity index is 513. The monoisotopic (exact) mass is 246 g/mol. The van der Waals surface area contributed by atoms with Crippen LogP contribution >= 0.6 is 11.8 Å². The summed E-state index contributed by atoms with van der Waals surface area (Å²) in [6.07, 6.45) is 3.53. The molecule has 0 aliphatic rings. The van der Waals surface area contributed by atoms with Crippen molar-refractivity contribution in [1.82, 2.24) is 15.2 Å². The van der Waals surface area contributed by atoms with Crippen molar-refractivity contribution in [3.05, 3.63) is 41.3 Å². The molecule has 0 spiro atoms. The van der Waals surface area contributed by atoms with Gasteiger partial charge in [0.1, 0.15) is 5.03 Å². The van der Waals surface area contributed by atoms with Crippen molar-refractivity contribution in [1.29, 1.82) is 0 Å². The van der Waals surface area contributed by atoms with E-state index in [2.05, 4.69) is 15.2 Å². The molecule has 0 saturated carbocycles. The highest BCUT2D eigenvalue weighted by Gasteiger charge is 2.10. The van der Waals surface area contributed by atoms with Gasteiger partial charge >= 0.3 is 0 Å². The van der Waals surface area contributed by atoms with Gasteiger partial charge in [0.15, 0.2) is 0 Å². The maximum absolute atomic E-state index is 5.78. The van der Waals surface area contributed by atoms with E-state index in [-0.39, 0.29) is 0 Å². The van der Waals surface area contributed by atoms with Gasteiger partial charge < -0.3 is 5.73 Å². The van der Waals surface area contributed by atoms with Crippen molar-refractivity contribution in [3.8, 4) is 0 Å². The molecule has 0 unspecified atom stereocenters. The van der Waals surface area contributed by atoms with Gasteiger partial charge in [0.05, 0.1) is 5.69 Å². The third-order valence-electron chi connectivity index (χ3n) is 2.61. The Morgan fingerprint density at radius 1 is 1.18 bits per heavy atom. The highest BCUT2D eigenvalue weighted by molar-refractivity contribution is 7.99. The number of nitrogens with two attached hydrogens (primary N) is 1. The third-order valence-corrected chi connectivity index (χ3v) is 3.64. The van der Waals surface area contributed by atoms with Crippen LogP contribution in [0.25, 0.3) is 0 Å². The molecule has 0 atom stereocenters. The largest absolute Gasteiger partial charge is 0.326 e. The molecule has 17 heavy (non-hydrogen) atoms. The van der Waals surface area contributed by atoms with E-state index in [1.54, 1.807) is 24.2 Å². The average molecular weight is 246 g/mol. The lowest BCUT2D eigenvalue weighted by Crippen LogP contribution is -2.06. The van der Waals surface area contributed by atoms with Gasteiger partial charge in [-0.15, -0.1) is 5.10 Å². The Balaban J connectivity index is 2.37. The SMILES string of the molecule is Cc1nnc(Sc2ccncc2)c(CN)c1C. The minimum Gasteiger partial charge on any atom is -0.326 e. The van der Waals surface area contributed by atoms with Crippen molar-refractivity contribution in [2.24, 2.45) is 5.73 Å². The Hall–Kier alpha value is -1.46. The predicted octanol–water partition coefficient (Wildman–Crippen LogP) is 2.10. The van der Waals surface area contributed by atoms with Crippen molar-refractivity contribution in [2.45, 2.75) is 30.3 Å². The molecule has 0 amide bonds. The minimum atomic E-state index is 0.482. The molecule has 0 fully saturated rings. The highest BCUT2D eigenvalue weighted by Crippen LogP contribution is 2.29. The van der Waals surface area contributed by atoms with Crippen LogP contribution in [0.4, 0.5) is 0 Å². The smallest absolute Gasteiger partial charge is 0.128 e. The second-order valence-corrected chi connectivity index (χ2v) is 4.75. The van der Waals surface area contributed by atoms with Gasteiger partial charge in [-0.05, 0) is 31.5 Å². The molecule has 5 heteroatoms. The first kappa shape index (κ1) is 12.0. The van der Waals surface area contributed by atoms with Crippen LogP contribution in [0.15, 0.2) is 34.4 Å². The van der Waals surface area contributed by atoms with Gasteiger partial charge in [0.25, 0.3) is 0 Å². The van der Waals surface area contributed by atoms with Crippen molar-refractivity contribution < 1.29 is 0 Å². The molecule has 0 aliphatic carbocycles. The zero-order valence-electron chi connectivity index (χ0n) is 9.84. The van der Waals surface area contributed by atoms with Crippen molar-refractivity contribution >= 4 is 11.8 Å². The fourth-order valence-electron chi connectivity index (χ4n) is 1.47. The number of aryl methyl sites for hydroxylation is 1. The minimum absolute atomic E-state index is 0.482. The lowest BCUT2D eigenvalue weighted by Gasteiger charge is -2.10. The van der Waals surface area contributed by atoms with Crippen LogP contribution in [-0.2, 0) is 6.54 Å². The Labute approximate surface area is 105 Å². The Morgan fingerprint density at radius 2 is 1.88 bits per heavy atom. The first-order valence-electron chi connectivity index (χ1n) is 5.33. The van der Waals surface area contributed by atoms with Gasteiger partial charge in [-0.25, -0.2) is 0 Å². The van der Waals surface area contributed by atoms with Crippen molar-refractivity contribution in [3.63, 3.8) is 0 Å². The van der Waals surface area contributed by atoms with Crippen molar-refractivity contribution in [2.75, 3.05) is 0 Å². The Kier molecular flexibility index (Phi) is 3.71. The molecule has 4 nitrogen and oxygen atoms in total. The summed E-state index contributed by atoms with van der Waals surface area (Å²) >= 11 is 1.57. The van der Waals surface area contributed by atoms with Crippen LogP contribution in [0.2, 0.25) is 0 Å². The third kappa shape index (κ3) is 2.62. The van der Waals surface area contributed by atoms with Crippen LogP contribution < -0.4 is 5.73 Å². The summed E-state index contributed by atoms with van der Waals surface area (Å²) in [5.74, 6) is 0. The average Bonchev–Trinajstić information content (AvgIpc) is 2.36. The van der Waals surface area contributed by atoms with Gasteiger partial charge in [0, 0.05) is 29.4 Å². The predicted molar refractivity (Wildman–Crippen MR) is 67.8 cm³/mol. The quantitative estimate of drug-likeness (QED) is 0.898. The number of hydrogen-bond donors (Lipinski definition) is 1. The van der Waals surface area contributed by atoms with Gasteiger partial charge in [0.2, 0.25) is 0 Å². The summed E-state index contributed by atoms with van der Waals surface area (Å²) in [5.41, 5.74) is 8.91. The topological polar surface area (TPSA) is 64.7 Å². The normalized spacial score (nSPS) is 10.5. The van der Waals surface area contributed by atoms with E-state index in [4.69, 9.17) is 5.73 Å². The van der Waals surface area contributed by atoms with Crippen LogP contribution in [-0.4, -0.2) is 15.2 Å². The second-order valence-electron chi connectivity index (χ2n) is 3.68. The molecule has 0 bridgehead atoms. The maximum Gasteiger partial charge on any atom is 0.128 e. The van der Waals surface area contributed by atoms with Crippen LogP contribution in [0.1, 0.15) is 16.8 Å². The molecule has 2 N–H and O–H groups in total. The molecular formula is C12H14N4S. The van der Waals surface area contributed by atoms with Gasteiger partial charge in [-0.2, -0.15) is 5.10 Å². The summed E-state index contributed by atoms with van der Waals surface area (Å²) in [7, 11) is 0.